The first-order chi connectivity index (χ1) is 10.4. The van der Waals surface area contributed by atoms with E-state index in [1.165, 1.54) is 0 Å². The van der Waals surface area contributed by atoms with Crippen molar-refractivity contribution in [3.8, 4) is 11.3 Å². The number of furan rings is 1. The van der Waals surface area contributed by atoms with E-state index >= 15 is 0 Å². The summed E-state index contributed by atoms with van der Waals surface area (Å²) in [5.74, 6) is 1.29. The number of β-amino-alcohol motifs (C(OH)–C–C–N with tert-alkyl or cyclic N) is 1. The first kappa shape index (κ1) is 14.9. The van der Waals surface area contributed by atoms with Gasteiger partial charge in [-0.05, 0) is 19.9 Å². The molecule has 1 amide bonds. The second kappa shape index (κ2) is 5.29. The maximum absolute atomic E-state index is 12.8. The lowest BCUT2D eigenvalue weighted by Crippen LogP contribution is -2.35. The van der Waals surface area contributed by atoms with Crippen molar-refractivity contribution >= 4 is 5.91 Å². The van der Waals surface area contributed by atoms with Gasteiger partial charge in [0.15, 0.2) is 0 Å². The number of aliphatic hydroxyl groups is 1. The van der Waals surface area contributed by atoms with Crippen LogP contribution in [0.2, 0.25) is 0 Å². The van der Waals surface area contributed by atoms with Crippen LogP contribution in [0.25, 0.3) is 11.3 Å². The molecule has 0 radical (unpaired) electrons. The van der Waals surface area contributed by atoms with Crippen LogP contribution in [0.3, 0.4) is 0 Å². The standard InChI is InChI=1S/C18H21NO3/c1-12-10-19(11-18(12,3)21)17(20)15-9-13(2)22-16(15)14-7-5-4-6-8-14/h4-9,12,21H,10-11H2,1-3H3/t12-,18+/m0/s1. The Morgan fingerprint density at radius 2 is 2.05 bits per heavy atom. The molecule has 22 heavy (non-hydrogen) atoms. The molecule has 1 aromatic carbocycles. The fourth-order valence-corrected chi connectivity index (χ4v) is 2.94. The molecule has 2 heterocycles. The minimum atomic E-state index is -0.832. The molecule has 3 rings (SSSR count). The number of nitrogens with zero attached hydrogens (tertiary/aromatic N) is 1. The molecular formula is C18H21NO3. The summed E-state index contributed by atoms with van der Waals surface area (Å²) < 4.78 is 5.75. The van der Waals surface area contributed by atoms with E-state index in [0.717, 1.165) is 5.56 Å². The van der Waals surface area contributed by atoms with Crippen molar-refractivity contribution in [2.24, 2.45) is 5.92 Å². The molecule has 0 bridgehead atoms. The first-order valence-corrected chi connectivity index (χ1v) is 7.56. The minimum absolute atomic E-state index is 0.0598. The van der Waals surface area contributed by atoms with Crippen molar-refractivity contribution in [3.05, 3.63) is 47.7 Å². The van der Waals surface area contributed by atoms with E-state index in [9.17, 15) is 9.90 Å². The van der Waals surface area contributed by atoms with Crippen LogP contribution in [-0.2, 0) is 0 Å². The van der Waals surface area contributed by atoms with Crippen molar-refractivity contribution < 1.29 is 14.3 Å². The summed E-state index contributed by atoms with van der Waals surface area (Å²) >= 11 is 0. The lowest BCUT2D eigenvalue weighted by molar-refractivity contribution is 0.0351. The second-order valence-electron chi connectivity index (χ2n) is 6.41. The largest absolute Gasteiger partial charge is 0.461 e. The van der Waals surface area contributed by atoms with Crippen molar-refractivity contribution in [3.63, 3.8) is 0 Å². The molecule has 116 valence electrons. The van der Waals surface area contributed by atoms with Crippen molar-refractivity contribution in [1.29, 1.82) is 0 Å². The highest BCUT2D eigenvalue weighted by Crippen LogP contribution is 2.32. The Kier molecular flexibility index (Phi) is 3.57. The van der Waals surface area contributed by atoms with Gasteiger partial charge in [0, 0.05) is 24.6 Å². The van der Waals surface area contributed by atoms with Gasteiger partial charge in [-0.15, -0.1) is 0 Å². The van der Waals surface area contributed by atoms with Gasteiger partial charge in [0.1, 0.15) is 11.5 Å². The molecule has 1 aliphatic heterocycles. The van der Waals surface area contributed by atoms with Crippen molar-refractivity contribution in [2.45, 2.75) is 26.4 Å². The molecule has 1 aliphatic rings. The van der Waals surface area contributed by atoms with E-state index in [0.29, 0.717) is 30.2 Å². The van der Waals surface area contributed by atoms with Crippen LogP contribution in [0.1, 0.15) is 30.0 Å². The quantitative estimate of drug-likeness (QED) is 0.927. The number of amides is 1. The number of carbonyl (C=O) groups excluding carboxylic acids is 1. The third-order valence-electron chi connectivity index (χ3n) is 4.48. The maximum atomic E-state index is 12.8. The Morgan fingerprint density at radius 1 is 1.36 bits per heavy atom. The molecule has 1 N–H and O–H groups in total. The zero-order valence-electron chi connectivity index (χ0n) is 13.2. The summed E-state index contributed by atoms with van der Waals surface area (Å²) in [6.45, 7) is 6.50. The Morgan fingerprint density at radius 3 is 2.64 bits per heavy atom. The third-order valence-corrected chi connectivity index (χ3v) is 4.48. The predicted octanol–water partition coefficient (Wildman–Crippen LogP) is 3.10. The lowest BCUT2D eigenvalue weighted by Gasteiger charge is -2.20. The molecule has 2 atom stereocenters. The summed E-state index contributed by atoms with van der Waals surface area (Å²) in [6.07, 6.45) is 0. The normalized spacial score (nSPS) is 24.7. The molecule has 0 spiro atoms. The van der Waals surface area contributed by atoms with Crippen LogP contribution in [0.5, 0.6) is 0 Å². The molecule has 1 fully saturated rings. The fraction of sp³-hybridized carbons (Fsp3) is 0.389. The topological polar surface area (TPSA) is 53.7 Å². The number of rotatable bonds is 2. The molecule has 0 unspecified atom stereocenters. The van der Waals surface area contributed by atoms with E-state index < -0.39 is 5.60 Å². The third kappa shape index (κ3) is 2.55. The SMILES string of the molecule is Cc1cc(C(=O)N2C[C@H](C)[C@](C)(O)C2)c(-c2ccccc2)o1. The highest BCUT2D eigenvalue weighted by atomic mass is 16.3. The summed E-state index contributed by atoms with van der Waals surface area (Å²) in [4.78, 5) is 14.6. The number of benzene rings is 1. The van der Waals surface area contributed by atoms with Gasteiger partial charge < -0.3 is 14.4 Å². The number of hydrogen-bond acceptors (Lipinski definition) is 3. The fourth-order valence-electron chi connectivity index (χ4n) is 2.94. The number of aryl methyl sites for hydroxylation is 1. The van der Waals surface area contributed by atoms with Gasteiger partial charge in [-0.1, -0.05) is 37.3 Å². The molecule has 4 heteroatoms. The van der Waals surface area contributed by atoms with E-state index in [1.54, 1.807) is 17.9 Å². The molecule has 4 nitrogen and oxygen atoms in total. The Labute approximate surface area is 130 Å². The zero-order chi connectivity index (χ0) is 15.9. The molecular weight excluding hydrogens is 278 g/mol. The van der Waals surface area contributed by atoms with Crippen LogP contribution in [0.4, 0.5) is 0 Å². The second-order valence-corrected chi connectivity index (χ2v) is 6.41. The van der Waals surface area contributed by atoms with Gasteiger partial charge in [0.05, 0.1) is 11.2 Å². The smallest absolute Gasteiger partial charge is 0.257 e. The van der Waals surface area contributed by atoms with Crippen LogP contribution in [0, 0.1) is 12.8 Å². The summed E-state index contributed by atoms with van der Waals surface area (Å²) in [5, 5.41) is 10.3. The van der Waals surface area contributed by atoms with Crippen molar-refractivity contribution in [1.82, 2.24) is 4.90 Å². The van der Waals surface area contributed by atoms with E-state index in [1.807, 2.05) is 44.2 Å². The molecule has 2 aromatic rings. The molecule has 1 saturated heterocycles. The van der Waals surface area contributed by atoms with Crippen LogP contribution >= 0.6 is 0 Å². The Hall–Kier alpha value is -2.07. The van der Waals surface area contributed by atoms with E-state index in [2.05, 4.69) is 0 Å². The number of carbonyl (C=O) groups is 1. The van der Waals surface area contributed by atoms with Gasteiger partial charge in [-0.3, -0.25) is 4.79 Å². The predicted molar refractivity (Wildman–Crippen MR) is 84.6 cm³/mol. The van der Waals surface area contributed by atoms with Gasteiger partial charge >= 0.3 is 0 Å². The van der Waals surface area contributed by atoms with Gasteiger partial charge in [0.25, 0.3) is 5.91 Å². The lowest BCUT2D eigenvalue weighted by atomic mass is 9.95. The van der Waals surface area contributed by atoms with E-state index in [4.69, 9.17) is 4.42 Å². The average Bonchev–Trinajstić information content (AvgIpc) is 3.00. The number of hydrogen-bond donors (Lipinski definition) is 1. The Balaban J connectivity index is 1.95. The maximum Gasteiger partial charge on any atom is 0.257 e. The monoisotopic (exact) mass is 299 g/mol. The minimum Gasteiger partial charge on any atom is -0.461 e. The van der Waals surface area contributed by atoms with Crippen LogP contribution in [-0.4, -0.2) is 34.6 Å². The number of likely N-dealkylation sites (tertiary alicyclic amines) is 1. The van der Waals surface area contributed by atoms with Crippen molar-refractivity contribution in [2.75, 3.05) is 13.1 Å². The van der Waals surface area contributed by atoms with Crippen LogP contribution < -0.4 is 0 Å². The average molecular weight is 299 g/mol. The first-order valence-electron chi connectivity index (χ1n) is 7.56. The van der Waals surface area contributed by atoms with Gasteiger partial charge in [-0.2, -0.15) is 0 Å². The molecule has 1 aromatic heterocycles. The van der Waals surface area contributed by atoms with Crippen LogP contribution in [0.15, 0.2) is 40.8 Å². The summed E-state index contributed by atoms with van der Waals surface area (Å²) in [6, 6.07) is 11.4. The zero-order valence-corrected chi connectivity index (χ0v) is 13.2. The summed E-state index contributed by atoms with van der Waals surface area (Å²) in [7, 11) is 0. The summed E-state index contributed by atoms with van der Waals surface area (Å²) in [5.41, 5.74) is 0.619. The molecule has 0 saturated carbocycles. The van der Waals surface area contributed by atoms with E-state index in [-0.39, 0.29) is 11.8 Å². The van der Waals surface area contributed by atoms with Gasteiger partial charge in [0.2, 0.25) is 0 Å². The highest BCUT2D eigenvalue weighted by molar-refractivity contribution is 6.00. The molecule has 0 aliphatic carbocycles. The van der Waals surface area contributed by atoms with Gasteiger partial charge in [-0.25, -0.2) is 0 Å². The Bertz CT molecular complexity index is 688. The highest BCUT2D eigenvalue weighted by Gasteiger charge is 2.41.